The van der Waals surface area contributed by atoms with Gasteiger partial charge in [-0.05, 0) is 73.9 Å². The van der Waals surface area contributed by atoms with Crippen molar-refractivity contribution in [2.24, 2.45) is 0 Å². The molecule has 13 heteroatoms. The standard InChI is InChI=1S/C45H53N3O10/c1-28-15-17-33-32(21-28)45(49)47-44(46-33)29-16-18-35(37(22-29)50-2)56-19-13-11-9-8-10-12-14-20-57-43-40(53-5)25-31(26-41(43)54-6)36-27-34(48-58-36)30-23-38(51-3)42(55-7)39(24-30)52-4/h15-18,21-27,44,46H,8-14,19-20H2,1-7H3,(H,47,49). The van der Waals surface area contributed by atoms with Gasteiger partial charge in [0, 0.05) is 22.9 Å². The molecule has 13 nitrogen and oxygen atoms in total. The van der Waals surface area contributed by atoms with Crippen LogP contribution in [0.2, 0.25) is 0 Å². The number of amides is 1. The number of rotatable bonds is 21. The number of aryl methyl sites for hydroxylation is 1. The normalized spacial score (nSPS) is 13.2. The van der Waals surface area contributed by atoms with Gasteiger partial charge in [0.1, 0.15) is 11.9 Å². The van der Waals surface area contributed by atoms with E-state index in [1.807, 2.05) is 73.7 Å². The van der Waals surface area contributed by atoms with E-state index in [1.165, 1.54) is 0 Å². The van der Waals surface area contributed by atoms with Crippen molar-refractivity contribution < 1.29 is 47.2 Å². The molecular formula is C45H53N3O10. The summed E-state index contributed by atoms with van der Waals surface area (Å²) in [6.07, 6.45) is 6.98. The Morgan fingerprint density at radius 3 is 1.78 bits per heavy atom. The molecule has 0 bridgehead atoms. The van der Waals surface area contributed by atoms with E-state index in [2.05, 4.69) is 15.8 Å². The van der Waals surface area contributed by atoms with Gasteiger partial charge in [0.2, 0.25) is 11.5 Å². The molecule has 4 aromatic carbocycles. The number of aromatic nitrogens is 1. The minimum Gasteiger partial charge on any atom is -0.493 e. The van der Waals surface area contributed by atoms with E-state index in [4.69, 9.17) is 42.4 Å². The van der Waals surface area contributed by atoms with Gasteiger partial charge in [-0.3, -0.25) is 4.79 Å². The lowest BCUT2D eigenvalue weighted by atomic mass is 10.0. The van der Waals surface area contributed by atoms with Gasteiger partial charge >= 0.3 is 0 Å². The van der Waals surface area contributed by atoms with Crippen LogP contribution < -0.4 is 48.5 Å². The highest BCUT2D eigenvalue weighted by molar-refractivity contribution is 6.02. The molecule has 1 aliphatic rings. The van der Waals surface area contributed by atoms with E-state index in [0.717, 1.165) is 72.9 Å². The maximum atomic E-state index is 12.7. The second kappa shape index (κ2) is 19.8. The summed E-state index contributed by atoms with van der Waals surface area (Å²) in [4.78, 5) is 12.7. The van der Waals surface area contributed by atoms with Crippen molar-refractivity contribution in [3.05, 3.63) is 83.4 Å². The van der Waals surface area contributed by atoms with E-state index >= 15 is 0 Å². The Hall–Kier alpha value is -6.24. The molecule has 308 valence electrons. The predicted molar refractivity (Wildman–Crippen MR) is 221 cm³/mol. The molecule has 2 N–H and O–H groups in total. The lowest BCUT2D eigenvalue weighted by Gasteiger charge is -2.28. The number of carbonyl (C=O) groups excluding carboxylic acids is 1. The average molecular weight is 796 g/mol. The van der Waals surface area contributed by atoms with Crippen molar-refractivity contribution in [3.8, 4) is 68.6 Å². The van der Waals surface area contributed by atoms with Gasteiger partial charge in [0.05, 0.1) is 61.4 Å². The number of benzene rings is 4. The van der Waals surface area contributed by atoms with Crippen molar-refractivity contribution >= 4 is 11.6 Å². The fraction of sp³-hybridized carbons (Fsp3) is 0.378. The van der Waals surface area contributed by atoms with Crippen LogP contribution in [-0.2, 0) is 0 Å². The lowest BCUT2D eigenvalue weighted by Crippen LogP contribution is -2.38. The number of unbranched alkanes of at least 4 members (excludes halogenated alkanes) is 6. The largest absolute Gasteiger partial charge is 0.493 e. The molecule has 1 atom stereocenters. The fourth-order valence-electron chi connectivity index (χ4n) is 6.91. The molecule has 0 saturated carbocycles. The van der Waals surface area contributed by atoms with Gasteiger partial charge in [-0.15, -0.1) is 0 Å². The molecule has 5 aromatic rings. The van der Waals surface area contributed by atoms with Gasteiger partial charge in [-0.1, -0.05) is 55.0 Å². The summed E-state index contributed by atoms with van der Waals surface area (Å²) >= 11 is 0. The maximum absolute atomic E-state index is 12.7. The Kier molecular flexibility index (Phi) is 14.1. The maximum Gasteiger partial charge on any atom is 0.255 e. The molecule has 0 aliphatic carbocycles. The number of ether oxygens (including phenoxy) is 8. The van der Waals surface area contributed by atoms with E-state index < -0.39 is 0 Å². The van der Waals surface area contributed by atoms with Crippen molar-refractivity contribution in [3.63, 3.8) is 0 Å². The second-order valence-electron chi connectivity index (χ2n) is 13.9. The average Bonchev–Trinajstić information content (AvgIpc) is 3.75. The number of fused-ring (bicyclic) bond motifs is 1. The van der Waals surface area contributed by atoms with E-state index in [1.54, 1.807) is 42.7 Å². The Morgan fingerprint density at radius 2 is 1.16 bits per heavy atom. The summed E-state index contributed by atoms with van der Waals surface area (Å²) < 4.78 is 51.5. The summed E-state index contributed by atoms with van der Waals surface area (Å²) in [5.74, 6) is 4.89. The second-order valence-corrected chi connectivity index (χ2v) is 13.9. The number of hydrogen-bond donors (Lipinski definition) is 2. The smallest absolute Gasteiger partial charge is 0.255 e. The van der Waals surface area contributed by atoms with Crippen molar-refractivity contribution in [2.75, 3.05) is 61.2 Å². The van der Waals surface area contributed by atoms with Gasteiger partial charge < -0.3 is 53.1 Å². The quantitative estimate of drug-likeness (QED) is 0.0684. The van der Waals surface area contributed by atoms with Crippen LogP contribution in [0.3, 0.4) is 0 Å². The van der Waals surface area contributed by atoms with Crippen LogP contribution in [0.1, 0.15) is 72.6 Å². The van der Waals surface area contributed by atoms with Crippen molar-refractivity contribution in [1.29, 1.82) is 0 Å². The summed E-state index contributed by atoms with van der Waals surface area (Å²) in [7, 11) is 9.52. The molecule has 58 heavy (non-hydrogen) atoms. The third-order valence-corrected chi connectivity index (χ3v) is 10.0. The summed E-state index contributed by atoms with van der Waals surface area (Å²) in [5.41, 5.74) is 5.44. The minimum atomic E-state index is -0.362. The van der Waals surface area contributed by atoms with Crippen LogP contribution in [0.25, 0.3) is 22.6 Å². The Balaban J connectivity index is 0.916. The third kappa shape index (κ3) is 9.64. The zero-order valence-electron chi connectivity index (χ0n) is 34.3. The number of carbonyl (C=O) groups is 1. The fourth-order valence-corrected chi connectivity index (χ4v) is 6.91. The third-order valence-electron chi connectivity index (χ3n) is 10.0. The van der Waals surface area contributed by atoms with E-state index in [0.29, 0.717) is 76.2 Å². The summed E-state index contributed by atoms with van der Waals surface area (Å²) in [6, 6.07) is 20.7. The number of nitrogens with zero attached hydrogens (tertiary/aromatic N) is 1. The molecule has 1 aromatic heterocycles. The minimum absolute atomic E-state index is 0.103. The molecule has 1 amide bonds. The molecule has 2 heterocycles. The van der Waals surface area contributed by atoms with Gasteiger partial charge in [0.25, 0.3) is 5.91 Å². The Bertz CT molecular complexity index is 2120. The van der Waals surface area contributed by atoms with Crippen LogP contribution >= 0.6 is 0 Å². The van der Waals surface area contributed by atoms with Crippen LogP contribution in [0, 0.1) is 6.92 Å². The van der Waals surface area contributed by atoms with Crippen LogP contribution in [0.4, 0.5) is 5.69 Å². The summed E-state index contributed by atoms with van der Waals surface area (Å²) in [5, 5.41) is 10.7. The molecule has 0 fully saturated rings. The highest BCUT2D eigenvalue weighted by Gasteiger charge is 2.26. The van der Waals surface area contributed by atoms with E-state index in [9.17, 15) is 4.79 Å². The van der Waals surface area contributed by atoms with Crippen LogP contribution in [0.5, 0.6) is 46.0 Å². The molecular weight excluding hydrogens is 743 g/mol. The Labute approximate surface area is 339 Å². The Morgan fingerprint density at radius 1 is 0.569 bits per heavy atom. The highest BCUT2D eigenvalue weighted by Crippen LogP contribution is 2.44. The number of anilines is 1. The van der Waals surface area contributed by atoms with Crippen molar-refractivity contribution in [1.82, 2.24) is 10.5 Å². The summed E-state index contributed by atoms with van der Waals surface area (Å²) in [6.45, 7) is 3.10. The monoisotopic (exact) mass is 795 g/mol. The molecule has 1 unspecified atom stereocenters. The van der Waals surface area contributed by atoms with Gasteiger partial charge in [-0.2, -0.15) is 0 Å². The number of methoxy groups -OCH3 is 6. The van der Waals surface area contributed by atoms with Crippen molar-refractivity contribution in [2.45, 2.75) is 58.0 Å². The zero-order valence-corrected chi connectivity index (χ0v) is 34.3. The first kappa shape index (κ1) is 41.4. The highest BCUT2D eigenvalue weighted by atomic mass is 16.5. The molecule has 0 saturated heterocycles. The van der Waals surface area contributed by atoms with E-state index in [-0.39, 0.29) is 12.1 Å². The molecule has 1 aliphatic heterocycles. The number of hydrogen-bond acceptors (Lipinski definition) is 12. The first-order chi connectivity index (χ1) is 28.3. The number of nitrogens with one attached hydrogen (secondary N) is 2. The lowest BCUT2D eigenvalue weighted by molar-refractivity contribution is 0.0935. The van der Waals surface area contributed by atoms with Crippen LogP contribution in [-0.4, -0.2) is 66.9 Å². The SMILES string of the molecule is COc1cc(C2NC(=O)c3cc(C)ccc3N2)ccc1OCCCCCCCCCOc1c(OC)cc(-c2cc(-c3cc(OC)c(OC)c(OC)c3)no2)cc1OC. The van der Waals surface area contributed by atoms with Gasteiger partial charge in [-0.25, -0.2) is 0 Å². The molecule has 6 rings (SSSR count). The first-order valence-corrected chi connectivity index (χ1v) is 19.5. The molecule has 0 radical (unpaired) electrons. The van der Waals surface area contributed by atoms with Crippen LogP contribution in [0.15, 0.2) is 71.3 Å². The first-order valence-electron chi connectivity index (χ1n) is 19.5. The predicted octanol–water partition coefficient (Wildman–Crippen LogP) is 9.41. The zero-order chi connectivity index (χ0) is 41.0. The van der Waals surface area contributed by atoms with Gasteiger partial charge in [0.15, 0.2) is 40.3 Å². The topological polar surface area (TPSA) is 141 Å². The molecule has 0 spiro atoms.